The Kier molecular flexibility index (Phi) is 4.18. The van der Waals surface area contributed by atoms with Crippen LogP contribution in [0.2, 0.25) is 0 Å². The van der Waals surface area contributed by atoms with Crippen molar-refractivity contribution in [2.24, 2.45) is 5.92 Å². The highest BCUT2D eigenvalue weighted by Gasteiger charge is 2.20. The zero-order valence-electron chi connectivity index (χ0n) is 10.7. The number of rotatable bonds is 3. The molecule has 17 heavy (non-hydrogen) atoms. The molecule has 1 N–H and O–H groups in total. The molecular weight excluding hydrogens is 208 g/mol. The summed E-state index contributed by atoms with van der Waals surface area (Å²) in [5.41, 5.74) is 1.46. The lowest BCUT2D eigenvalue weighted by atomic mass is 9.90. The molecule has 0 saturated carbocycles. The molecule has 2 nitrogen and oxygen atoms in total. The van der Waals surface area contributed by atoms with Crippen molar-refractivity contribution in [2.45, 2.75) is 32.6 Å². The monoisotopic (exact) mass is 230 g/mol. The Morgan fingerprint density at radius 2 is 1.88 bits per heavy atom. The van der Waals surface area contributed by atoms with Crippen LogP contribution in [-0.4, -0.2) is 23.8 Å². The normalized spacial score (nSPS) is 17.1. The van der Waals surface area contributed by atoms with Crippen molar-refractivity contribution in [3.8, 4) is 0 Å². The Bertz CT molecular complexity index is 350. The lowest BCUT2D eigenvalue weighted by Gasteiger charge is -2.33. The van der Waals surface area contributed by atoms with Crippen LogP contribution in [-0.2, 0) is 6.42 Å². The van der Waals surface area contributed by atoms with E-state index in [4.69, 9.17) is 5.41 Å². The summed E-state index contributed by atoms with van der Waals surface area (Å²) in [6.07, 6.45) is 4.53. The molecule has 1 aliphatic heterocycles. The Morgan fingerprint density at radius 3 is 2.47 bits per heavy atom. The summed E-state index contributed by atoms with van der Waals surface area (Å²) in [5, 5.41) is 7.84. The third-order valence-electron chi connectivity index (χ3n) is 3.70. The molecule has 0 aliphatic carbocycles. The van der Waals surface area contributed by atoms with Crippen LogP contribution in [0.3, 0.4) is 0 Å². The van der Waals surface area contributed by atoms with Crippen molar-refractivity contribution in [3.05, 3.63) is 35.9 Å². The standard InChI is InChI=1S/C15H22N2/c1-2-15(16)17-10-8-14(9-11-17)12-13-6-4-3-5-7-13/h3-7,14,16H,2,8-12H2,1H3. The van der Waals surface area contributed by atoms with Gasteiger partial charge in [-0.15, -0.1) is 0 Å². The first-order chi connectivity index (χ1) is 8.29. The fourth-order valence-electron chi connectivity index (χ4n) is 2.58. The van der Waals surface area contributed by atoms with Crippen LogP contribution >= 0.6 is 0 Å². The molecule has 1 fully saturated rings. The number of nitrogens with one attached hydrogen (secondary N) is 1. The smallest absolute Gasteiger partial charge is 0.0954 e. The predicted molar refractivity (Wildman–Crippen MR) is 72.5 cm³/mol. The quantitative estimate of drug-likeness (QED) is 0.626. The lowest BCUT2D eigenvalue weighted by Crippen LogP contribution is -2.38. The highest BCUT2D eigenvalue weighted by Crippen LogP contribution is 2.21. The van der Waals surface area contributed by atoms with E-state index in [-0.39, 0.29) is 0 Å². The van der Waals surface area contributed by atoms with Gasteiger partial charge in [0, 0.05) is 19.5 Å². The molecule has 1 aromatic rings. The second-order valence-corrected chi connectivity index (χ2v) is 4.92. The predicted octanol–water partition coefficient (Wildman–Crippen LogP) is 3.33. The molecule has 0 radical (unpaired) electrons. The molecule has 0 aromatic heterocycles. The summed E-state index contributed by atoms with van der Waals surface area (Å²) in [6.45, 7) is 4.22. The Hall–Kier alpha value is -1.31. The number of hydrogen-bond acceptors (Lipinski definition) is 1. The van der Waals surface area contributed by atoms with Gasteiger partial charge in [-0.3, -0.25) is 5.41 Å². The van der Waals surface area contributed by atoms with Crippen molar-refractivity contribution in [3.63, 3.8) is 0 Å². The van der Waals surface area contributed by atoms with Gasteiger partial charge in [-0.2, -0.15) is 0 Å². The number of piperidine rings is 1. The van der Waals surface area contributed by atoms with E-state index in [1.807, 2.05) is 0 Å². The molecule has 0 bridgehead atoms. The molecule has 1 aromatic carbocycles. The number of hydrogen-bond donors (Lipinski definition) is 1. The molecular formula is C15H22N2. The van der Waals surface area contributed by atoms with Crippen molar-refractivity contribution in [2.75, 3.05) is 13.1 Å². The molecule has 1 saturated heterocycles. The summed E-state index contributed by atoms with van der Waals surface area (Å²) < 4.78 is 0. The van der Waals surface area contributed by atoms with Crippen LogP contribution in [0.4, 0.5) is 0 Å². The molecule has 0 unspecified atom stereocenters. The third-order valence-corrected chi connectivity index (χ3v) is 3.70. The maximum atomic E-state index is 7.84. The van der Waals surface area contributed by atoms with Gasteiger partial charge in [0.2, 0.25) is 0 Å². The average Bonchev–Trinajstić information content (AvgIpc) is 2.40. The minimum atomic E-state index is 0.804. The Labute approximate surface area is 104 Å². The second-order valence-electron chi connectivity index (χ2n) is 4.92. The van der Waals surface area contributed by atoms with Gasteiger partial charge in [0.1, 0.15) is 0 Å². The Balaban J connectivity index is 1.82. The first-order valence-corrected chi connectivity index (χ1v) is 6.66. The number of benzene rings is 1. The fraction of sp³-hybridized carbons (Fsp3) is 0.533. The van der Waals surface area contributed by atoms with Crippen LogP contribution < -0.4 is 0 Å². The molecule has 0 spiro atoms. The van der Waals surface area contributed by atoms with E-state index < -0.39 is 0 Å². The van der Waals surface area contributed by atoms with Crippen LogP contribution in [0.1, 0.15) is 31.7 Å². The first kappa shape index (κ1) is 12.2. The molecule has 0 atom stereocenters. The van der Waals surface area contributed by atoms with Crippen LogP contribution in [0.5, 0.6) is 0 Å². The molecule has 2 heteroatoms. The van der Waals surface area contributed by atoms with Gasteiger partial charge < -0.3 is 4.90 Å². The van der Waals surface area contributed by atoms with E-state index in [1.165, 1.54) is 24.8 Å². The minimum Gasteiger partial charge on any atom is -0.361 e. The van der Waals surface area contributed by atoms with Gasteiger partial charge in [-0.1, -0.05) is 37.3 Å². The lowest BCUT2D eigenvalue weighted by molar-refractivity contribution is 0.261. The van der Waals surface area contributed by atoms with E-state index >= 15 is 0 Å². The van der Waals surface area contributed by atoms with Gasteiger partial charge in [-0.05, 0) is 30.7 Å². The second kappa shape index (κ2) is 5.85. The zero-order valence-corrected chi connectivity index (χ0v) is 10.7. The van der Waals surface area contributed by atoms with Crippen LogP contribution in [0.15, 0.2) is 30.3 Å². The third kappa shape index (κ3) is 3.32. The topological polar surface area (TPSA) is 27.1 Å². The van der Waals surface area contributed by atoms with E-state index in [9.17, 15) is 0 Å². The highest BCUT2D eigenvalue weighted by molar-refractivity contribution is 5.78. The number of amidine groups is 1. The van der Waals surface area contributed by atoms with Crippen molar-refractivity contribution < 1.29 is 0 Å². The van der Waals surface area contributed by atoms with Crippen LogP contribution in [0, 0.1) is 11.3 Å². The zero-order chi connectivity index (χ0) is 12.1. The first-order valence-electron chi connectivity index (χ1n) is 6.66. The SMILES string of the molecule is CCC(=N)N1CCC(Cc2ccccc2)CC1. The molecule has 0 amide bonds. The van der Waals surface area contributed by atoms with Gasteiger partial charge in [0.25, 0.3) is 0 Å². The minimum absolute atomic E-state index is 0.804. The van der Waals surface area contributed by atoms with Gasteiger partial charge in [0.15, 0.2) is 0 Å². The van der Waals surface area contributed by atoms with Gasteiger partial charge >= 0.3 is 0 Å². The van der Waals surface area contributed by atoms with Gasteiger partial charge in [0.05, 0.1) is 5.84 Å². The summed E-state index contributed by atoms with van der Waals surface area (Å²) in [6, 6.07) is 10.8. The largest absolute Gasteiger partial charge is 0.361 e. The summed E-state index contributed by atoms with van der Waals surface area (Å²) in [4.78, 5) is 2.24. The highest BCUT2D eigenvalue weighted by atomic mass is 15.2. The molecule has 1 heterocycles. The summed E-state index contributed by atoms with van der Waals surface area (Å²) in [5.74, 6) is 1.61. The summed E-state index contributed by atoms with van der Waals surface area (Å²) >= 11 is 0. The summed E-state index contributed by atoms with van der Waals surface area (Å²) in [7, 11) is 0. The number of likely N-dealkylation sites (tertiary alicyclic amines) is 1. The molecule has 92 valence electrons. The molecule has 2 rings (SSSR count). The van der Waals surface area contributed by atoms with E-state index in [0.717, 1.165) is 31.3 Å². The van der Waals surface area contributed by atoms with Crippen molar-refractivity contribution >= 4 is 5.84 Å². The average molecular weight is 230 g/mol. The fourth-order valence-corrected chi connectivity index (χ4v) is 2.58. The van der Waals surface area contributed by atoms with E-state index in [1.54, 1.807) is 0 Å². The van der Waals surface area contributed by atoms with Crippen LogP contribution in [0.25, 0.3) is 0 Å². The van der Waals surface area contributed by atoms with E-state index in [0.29, 0.717) is 0 Å². The maximum Gasteiger partial charge on any atom is 0.0954 e. The van der Waals surface area contributed by atoms with Crippen molar-refractivity contribution in [1.29, 1.82) is 5.41 Å². The Morgan fingerprint density at radius 1 is 1.24 bits per heavy atom. The van der Waals surface area contributed by atoms with Gasteiger partial charge in [-0.25, -0.2) is 0 Å². The number of nitrogens with zero attached hydrogens (tertiary/aromatic N) is 1. The maximum absolute atomic E-state index is 7.84. The molecule has 1 aliphatic rings. The van der Waals surface area contributed by atoms with Crippen molar-refractivity contribution in [1.82, 2.24) is 4.90 Å². The van der Waals surface area contributed by atoms with E-state index in [2.05, 4.69) is 42.2 Å².